The van der Waals surface area contributed by atoms with Gasteiger partial charge in [-0.2, -0.15) is 0 Å². The minimum Gasteiger partial charge on any atom is -0.485 e. The monoisotopic (exact) mass is 468 g/mol. The molecule has 2 aromatic heterocycles. The average Bonchev–Trinajstić information content (AvgIpc) is 3.22. The van der Waals surface area contributed by atoms with Gasteiger partial charge in [0.1, 0.15) is 11.9 Å². The first kappa shape index (κ1) is 24.9. The first-order chi connectivity index (χ1) is 15.9. The summed E-state index contributed by atoms with van der Waals surface area (Å²) in [5.41, 5.74) is 3.28. The molecule has 0 saturated carbocycles. The van der Waals surface area contributed by atoms with Gasteiger partial charge >= 0.3 is 5.97 Å². The molecule has 0 spiro atoms. The van der Waals surface area contributed by atoms with Crippen molar-refractivity contribution < 1.29 is 19.0 Å². The quantitative estimate of drug-likeness (QED) is 0.335. The molecule has 1 aromatic carbocycles. The molecule has 6 nitrogen and oxygen atoms in total. The Balaban J connectivity index is 1.66. The first-order valence-electron chi connectivity index (χ1n) is 11.4. The van der Waals surface area contributed by atoms with E-state index in [1.54, 1.807) is 18.3 Å². The largest absolute Gasteiger partial charge is 0.485 e. The fourth-order valence-corrected chi connectivity index (χ4v) is 4.60. The fourth-order valence-electron chi connectivity index (χ4n) is 3.50. The molecule has 3 rings (SSSR count). The molecule has 7 heteroatoms. The minimum atomic E-state index is -0.596. The molecule has 2 atom stereocenters. The maximum absolute atomic E-state index is 12.1. The number of nitrogens with zero attached hydrogens (tertiary/aromatic N) is 2. The molecule has 0 N–H and O–H groups in total. The van der Waals surface area contributed by atoms with E-state index >= 15 is 0 Å². The van der Waals surface area contributed by atoms with E-state index in [1.165, 1.54) is 0 Å². The van der Waals surface area contributed by atoms with Crippen LogP contribution in [0.15, 0.2) is 42.7 Å². The second-order valence-corrected chi connectivity index (χ2v) is 8.81. The van der Waals surface area contributed by atoms with Gasteiger partial charge in [-0.05, 0) is 69.0 Å². The third-order valence-corrected chi connectivity index (χ3v) is 6.63. The van der Waals surface area contributed by atoms with Gasteiger partial charge in [0.2, 0.25) is 0 Å². The molecule has 3 aromatic rings. The van der Waals surface area contributed by atoms with Crippen LogP contribution in [0.3, 0.4) is 0 Å². The third-order valence-electron chi connectivity index (χ3n) is 5.23. The van der Waals surface area contributed by atoms with Crippen molar-refractivity contribution in [3.63, 3.8) is 0 Å². The predicted molar refractivity (Wildman–Crippen MR) is 131 cm³/mol. The van der Waals surface area contributed by atoms with Crippen molar-refractivity contribution in [2.75, 3.05) is 13.2 Å². The van der Waals surface area contributed by atoms with E-state index in [9.17, 15) is 4.79 Å². The highest BCUT2D eigenvalue weighted by atomic mass is 32.1. The van der Waals surface area contributed by atoms with Crippen LogP contribution in [0.1, 0.15) is 55.4 Å². The van der Waals surface area contributed by atoms with Crippen LogP contribution in [0, 0.1) is 6.92 Å². The van der Waals surface area contributed by atoms with E-state index < -0.39 is 6.10 Å². The Bertz CT molecular complexity index is 1030. The van der Waals surface area contributed by atoms with Crippen LogP contribution < -0.4 is 4.74 Å². The lowest BCUT2D eigenvalue weighted by Gasteiger charge is -2.17. The summed E-state index contributed by atoms with van der Waals surface area (Å²) in [5, 5.41) is 0. The van der Waals surface area contributed by atoms with Crippen LogP contribution >= 0.6 is 11.3 Å². The molecule has 0 bridgehead atoms. The molecule has 0 fully saturated rings. The number of aryl methyl sites for hydroxylation is 2. The summed E-state index contributed by atoms with van der Waals surface area (Å²) in [7, 11) is 0. The summed E-state index contributed by atoms with van der Waals surface area (Å²) >= 11 is 1.66. The van der Waals surface area contributed by atoms with Gasteiger partial charge in [0.25, 0.3) is 0 Å². The summed E-state index contributed by atoms with van der Waals surface area (Å²) in [6.45, 7) is 10.7. The van der Waals surface area contributed by atoms with Crippen LogP contribution in [0.4, 0.5) is 0 Å². The summed E-state index contributed by atoms with van der Waals surface area (Å²) < 4.78 is 16.9. The molecule has 0 radical (unpaired) electrons. The number of ether oxygens (including phenoxy) is 3. The van der Waals surface area contributed by atoms with E-state index in [0.717, 1.165) is 44.4 Å². The Morgan fingerprint density at radius 3 is 2.33 bits per heavy atom. The van der Waals surface area contributed by atoms with Gasteiger partial charge in [-0.3, -0.25) is 0 Å². The topological polar surface area (TPSA) is 70.5 Å². The Labute approximate surface area is 200 Å². The van der Waals surface area contributed by atoms with Gasteiger partial charge in [0.05, 0.1) is 11.5 Å². The number of benzene rings is 1. The molecule has 0 aliphatic carbocycles. The number of rotatable bonds is 11. The van der Waals surface area contributed by atoms with E-state index in [4.69, 9.17) is 14.2 Å². The molecule has 2 unspecified atom stereocenters. The molecule has 0 amide bonds. The zero-order valence-corrected chi connectivity index (χ0v) is 20.8. The molecule has 0 aliphatic rings. The highest BCUT2D eigenvalue weighted by Crippen LogP contribution is 2.35. The summed E-state index contributed by atoms with van der Waals surface area (Å²) in [5.74, 6) is 1.19. The van der Waals surface area contributed by atoms with E-state index in [1.807, 2.05) is 50.5 Å². The van der Waals surface area contributed by atoms with Gasteiger partial charge in [-0.15, -0.1) is 11.3 Å². The predicted octanol–water partition coefficient (Wildman–Crippen LogP) is 5.73. The number of carbonyl (C=O) groups excluding carboxylic acids is 1. The minimum absolute atomic E-state index is 0.111. The molecule has 176 valence electrons. The average molecular weight is 469 g/mol. The van der Waals surface area contributed by atoms with Crippen LogP contribution in [0.2, 0.25) is 0 Å². The number of aromatic nitrogens is 2. The number of thiophene rings is 1. The van der Waals surface area contributed by atoms with Crippen LogP contribution in [0.5, 0.6) is 5.75 Å². The lowest BCUT2D eigenvalue weighted by molar-refractivity contribution is -0.156. The Kier molecular flexibility index (Phi) is 8.97. The lowest BCUT2D eigenvalue weighted by atomic mass is 10.1. The Morgan fingerprint density at radius 2 is 1.73 bits per heavy atom. The van der Waals surface area contributed by atoms with Crippen molar-refractivity contribution in [1.29, 1.82) is 0 Å². The summed E-state index contributed by atoms with van der Waals surface area (Å²) in [4.78, 5) is 23.3. The molecular weight excluding hydrogens is 436 g/mol. The number of hydrogen-bond acceptors (Lipinski definition) is 7. The Morgan fingerprint density at radius 1 is 1.03 bits per heavy atom. The number of hydrogen-bond donors (Lipinski definition) is 0. The number of esters is 1. The highest BCUT2D eigenvalue weighted by Gasteiger charge is 2.21. The fraction of sp³-hybridized carbons (Fsp3) is 0.423. The smallest absolute Gasteiger partial charge is 0.335 e. The van der Waals surface area contributed by atoms with Gasteiger partial charge in [0.15, 0.2) is 11.9 Å². The standard InChI is InChI=1S/C26H32N2O4S/c1-6-19-15-27-25(28-16-19)23-13-17(4)24(33-23)18(5)32-21-11-9-20(10-12-21)14-22(30-7-2)26(29)31-8-3/h9-13,15-16,18,22H,6-8,14H2,1-5H3. The van der Waals surface area contributed by atoms with Crippen LogP contribution in [-0.2, 0) is 27.1 Å². The van der Waals surface area contributed by atoms with Crippen LogP contribution in [0.25, 0.3) is 10.7 Å². The van der Waals surface area contributed by atoms with Crippen molar-refractivity contribution >= 4 is 17.3 Å². The second-order valence-electron chi connectivity index (χ2n) is 7.73. The van der Waals surface area contributed by atoms with E-state index in [-0.39, 0.29) is 12.1 Å². The molecular formula is C26H32N2O4S. The van der Waals surface area contributed by atoms with Crippen molar-refractivity contribution in [3.05, 3.63) is 64.3 Å². The van der Waals surface area contributed by atoms with Crippen LogP contribution in [-0.4, -0.2) is 35.3 Å². The van der Waals surface area contributed by atoms with Gasteiger partial charge < -0.3 is 14.2 Å². The lowest BCUT2D eigenvalue weighted by Crippen LogP contribution is -2.28. The molecule has 2 heterocycles. The maximum Gasteiger partial charge on any atom is 0.335 e. The molecule has 0 aliphatic heterocycles. The first-order valence-corrected chi connectivity index (χ1v) is 12.2. The van der Waals surface area contributed by atoms with E-state index in [0.29, 0.717) is 19.6 Å². The molecule has 33 heavy (non-hydrogen) atoms. The van der Waals surface area contributed by atoms with Gasteiger partial charge in [-0.1, -0.05) is 19.1 Å². The van der Waals surface area contributed by atoms with Crippen molar-refractivity contribution in [2.45, 2.75) is 59.7 Å². The van der Waals surface area contributed by atoms with Crippen molar-refractivity contribution in [2.24, 2.45) is 0 Å². The number of carbonyl (C=O) groups is 1. The summed E-state index contributed by atoms with van der Waals surface area (Å²) in [6.07, 6.45) is 4.45. The zero-order valence-electron chi connectivity index (χ0n) is 20.0. The maximum atomic E-state index is 12.1. The SMILES string of the molecule is CCOC(=O)C(Cc1ccc(OC(C)c2sc(-c3ncc(CC)cn3)cc2C)cc1)OCC. The van der Waals surface area contributed by atoms with Gasteiger partial charge in [0, 0.05) is 30.3 Å². The summed E-state index contributed by atoms with van der Waals surface area (Å²) in [6, 6.07) is 9.90. The third kappa shape index (κ3) is 6.62. The van der Waals surface area contributed by atoms with Crippen molar-refractivity contribution in [1.82, 2.24) is 9.97 Å². The van der Waals surface area contributed by atoms with Crippen molar-refractivity contribution in [3.8, 4) is 16.5 Å². The second kappa shape index (κ2) is 11.9. The van der Waals surface area contributed by atoms with Gasteiger partial charge in [-0.25, -0.2) is 14.8 Å². The van der Waals surface area contributed by atoms with E-state index in [2.05, 4.69) is 29.9 Å². The Hall–Kier alpha value is -2.77. The zero-order chi connectivity index (χ0) is 23.8. The molecule has 0 saturated heterocycles. The highest BCUT2D eigenvalue weighted by molar-refractivity contribution is 7.15. The normalized spacial score (nSPS) is 12.9.